The number of rotatable bonds is 2. The summed E-state index contributed by atoms with van der Waals surface area (Å²) in [6.45, 7) is 0. The van der Waals surface area contributed by atoms with Crippen LogP contribution in [-0.2, 0) is 12.6 Å². The van der Waals surface area contributed by atoms with Gasteiger partial charge in [0.25, 0.3) is 0 Å². The van der Waals surface area contributed by atoms with Gasteiger partial charge < -0.3 is 0 Å². The maximum absolute atomic E-state index is 12.3. The highest BCUT2D eigenvalue weighted by atomic mass is 127. The van der Waals surface area contributed by atoms with Crippen molar-refractivity contribution in [3.8, 4) is 0 Å². The van der Waals surface area contributed by atoms with E-state index in [9.17, 15) is 13.2 Å². The average molecular weight is 335 g/mol. The van der Waals surface area contributed by atoms with Crippen LogP contribution in [0.3, 0.4) is 0 Å². The lowest BCUT2D eigenvalue weighted by Crippen LogP contribution is -2.05. The van der Waals surface area contributed by atoms with E-state index in [0.29, 0.717) is 17.0 Å². The first-order valence-electron chi connectivity index (χ1n) is 3.86. The molecule has 0 radical (unpaired) electrons. The molecule has 0 atom stereocenters. The molecule has 0 aromatic heterocycles. The SMILES string of the molecule is FC(F)(F)c1ccc(Cl)c(CCI)c1. The molecule has 0 bridgehead atoms. The van der Waals surface area contributed by atoms with Gasteiger partial charge in [0, 0.05) is 9.45 Å². The predicted molar refractivity (Wildman–Crippen MR) is 59.0 cm³/mol. The lowest BCUT2D eigenvalue weighted by molar-refractivity contribution is -0.137. The van der Waals surface area contributed by atoms with Gasteiger partial charge in [-0.1, -0.05) is 34.2 Å². The lowest BCUT2D eigenvalue weighted by atomic mass is 10.1. The maximum atomic E-state index is 12.3. The number of halogens is 5. The van der Waals surface area contributed by atoms with Crippen molar-refractivity contribution in [3.05, 3.63) is 34.3 Å². The largest absolute Gasteiger partial charge is 0.416 e. The van der Waals surface area contributed by atoms with Crippen molar-refractivity contribution in [1.82, 2.24) is 0 Å². The van der Waals surface area contributed by atoms with Gasteiger partial charge in [0.15, 0.2) is 0 Å². The molecule has 0 nitrogen and oxygen atoms in total. The van der Waals surface area contributed by atoms with Crippen LogP contribution >= 0.6 is 34.2 Å². The molecule has 0 heterocycles. The number of hydrogen-bond acceptors (Lipinski definition) is 0. The molecule has 0 aliphatic rings. The summed E-state index contributed by atoms with van der Waals surface area (Å²) >= 11 is 7.85. The number of hydrogen-bond donors (Lipinski definition) is 0. The van der Waals surface area contributed by atoms with Crippen molar-refractivity contribution < 1.29 is 13.2 Å². The van der Waals surface area contributed by atoms with Gasteiger partial charge in [0.1, 0.15) is 0 Å². The van der Waals surface area contributed by atoms with Crippen LogP contribution in [0.2, 0.25) is 5.02 Å². The molecular formula is C9H7ClF3I. The summed E-state index contributed by atoms with van der Waals surface area (Å²) in [5, 5.41) is 0.398. The van der Waals surface area contributed by atoms with Gasteiger partial charge in [-0.05, 0) is 30.2 Å². The molecule has 0 fully saturated rings. The van der Waals surface area contributed by atoms with E-state index in [-0.39, 0.29) is 0 Å². The summed E-state index contributed by atoms with van der Waals surface area (Å²) in [4.78, 5) is 0. The number of aryl methyl sites for hydroxylation is 1. The van der Waals surface area contributed by atoms with Crippen molar-refractivity contribution in [2.45, 2.75) is 12.6 Å². The third-order valence-electron chi connectivity index (χ3n) is 1.74. The second kappa shape index (κ2) is 4.70. The fraction of sp³-hybridized carbons (Fsp3) is 0.333. The van der Waals surface area contributed by atoms with Crippen molar-refractivity contribution in [1.29, 1.82) is 0 Å². The monoisotopic (exact) mass is 334 g/mol. The zero-order valence-corrected chi connectivity index (χ0v) is 9.95. The van der Waals surface area contributed by atoms with E-state index in [4.69, 9.17) is 11.6 Å². The van der Waals surface area contributed by atoms with E-state index in [1.54, 1.807) is 0 Å². The first kappa shape index (κ1) is 12.1. The standard InChI is InChI=1S/C9H7ClF3I/c10-8-2-1-7(9(11,12)13)5-6(8)3-4-14/h1-2,5H,3-4H2. The van der Waals surface area contributed by atoms with E-state index in [1.165, 1.54) is 6.07 Å². The highest BCUT2D eigenvalue weighted by Crippen LogP contribution is 2.31. The quantitative estimate of drug-likeness (QED) is 0.558. The Bertz CT molecular complexity index is 322. The summed E-state index contributed by atoms with van der Waals surface area (Å²) in [5.41, 5.74) is -0.0855. The fourth-order valence-electron chi connectivity index (χ4n) is 1.04. The minimum atomic E-state index is -4.29. The van der Waals surface area contributed by atoms with Crippen LogP contribution in [0.25, 0.3) is 0 Å². The third kappa shape index (κ3) is 3.02. The van der Waals surface area contributed by atoms with E-state index < -0.39 is 11.7 Å². The second-order valence-corrected chi connectivity index (χ2v) is 4.23. The minimum absolute atomic E-state index is 0.398. The van der Waals surface area contributed by atoms with E-state index in [0.717, 1.165) is 16.6 Å². The van der Waals surface area contributed by atoms with Gasteiger partial charge >= 0.3 is 6.18 Å². The van der Waals surface area contributed by atoms with E-state index in [2.05, 4.69) is 22.6 Å². The van der Waals surface area contributed by atoms with Gasteiger partial charge in [0.2, 0.25) is 0 Å². The molecule has 0 aliphatic heterocycles. The number of alkyl halides is 4. The highest BCUT2D eigenvalue weighted by molar-refractivity contribution is 14.1. The Labute approximate surface area is 98.6 Å². The van der Waals surface area contributed by atoms with Crippen molar-refractivity contribution in [2.75, 3.05) is 4.43 Å². The molecule has 0 saturated carbocycles. The van der Waals surface area contributed by atoms with Gasteiger partial charge in [0.05, 0.1) is 5.56 Å². The Balaban J connectivity index is 3.06. The Morgan fingerprint density at radius 2 is 1.93 bits per heavy atom. The summed E-state index contributed by atoms with van der Waals surface area (Å²) in [6.07, 6.45) is -3.73. The maximum Gasteiger partial charge on any atom is 0.416 e. The summed E-state index contributed by atoms with van der Waals surface area (Å²) < 4.78 is 37.6. The molecule has 78 valence electrons. The van der Waals surface area contributed by atoms with E-state index in [1.807, 2.05) is 0 Å². The summed E-state index contributed by atoms with van der Waals surface area (Å²) in [7, 11) is 0. The first-order chi connectivity index (χ1) is 6.45. The molecule has 1 aromatic carbocycles. The summed E-state index contributed by atoms with van der Waals surface area (Å²) in [5.74, 6) is 0. The predicted octanol–water partition coefficient (Wildman–Crippen LogP) is 4.34. The number of benzene rings is 1. The van der Waals surface area contributed by atoms with Crippen LogP contribution in [0.1, 0.15) is 11.1 Å². The normalized spacial score (nSPS) is 11.8. The molecular weight excluding hydrogens is 327 g/mol. The van der Waals surface area contributed by atoms with Crippen molar-refractivity contribution in [3.63, 3.8) is 0 Å². The molecule has 0 aliphatic carbocycles. The van der Waals surface area contributed by atoms with Crippen LogP contribution in [0.5, 0.6) is 0 Å². The van der Waals surface area contributed by atoms with Crippen molar-refractivity contribution >= 4 is 34.2 Å². The average Bonchev–Trinajstić information content (AvgIpc) is 2.07. The zero-order valence-electron chi connectivity index (χ0n) is 7.04. The van der Waals surface area contributed by atoms with Crippen LogP contribution in [0.15, 0.2) is 18.2 Å². The molecule has 0 unspecified atom stereocenters. The van der Waals surface area contributed by atoms with Gasteiger partial charge in [-0.15, -0.1) is 0 Å². The van der Waals surface area contributed by atoms with Gasteiger partial charge in [-0.2, -0.15) is 13.2 Å². The topological polar surface area (TPSA) is 0 Å². The highest BCUT2D eigenvalue weighted by Gasteiger charge is 2.30. The van der Waals surface area contributed by atoms with Crippen molar-refractivity contribution in [2.24, 2.45) is 0 Å². The van der Waals surface area contributed by atoms with Crippen LogP contribution < -0.4 is 0 Å². The van der Waals surface area contributed by atoms with Crippen LogP contribution in [0.4, 0.5) is 13.2 Å². The second-order valence-electron chi connectivity index (χ2n) is 2.74. The lowest BCUT2D eigenvalue weighted by Gasteiger charge is -2.09. The molecule has 0 N–H and O–H groups in total. The zero-order chi connectivity index (χ0) is 10.8. The molecule has 1 rings (SSSR count). The molecule has 5 heteroatoms. The fourth-order valence-corrected chi connectivity index (χ4v) is 1.84. The molecule has 0 spiro atoms. The van der Waals surface area contributed by atoms with Gasteiger partial charge in [-0.3, -0.25) is 0 Å². The third-order valence-corrected chi connectivity index (χ3v) is 2.64. The molecule has 0 saturated heterocycles. The molecule has 0 amide bonds. The Kier molecular flexibility index (Phi) is 4.06. The Hall–Kier alpha value is 0.0300. The van der Waals surface area contributed by atoms with Crippen LogP contribution in [0, 0.1) is 0 Å². The first-order valence-corrected chi connectivity index (χ1v) is 5.77. The van der Waals surface area contributed by atoms with Gasteiger partial charge in [-0.25, -0.2) is 0 Å². The Morgan fingerprint density at radius 3 is 2.43 bits per heavy atom. The summed E-state index contributed by atoms with van der Waals surface area (Å²) in [6, 6.07) is 3.41. The Morgan fingerprint density at radius 1 is 1.29 bits per heavy atom. The molecule has 14 heavy (non-hydrogen) atoms. The smallest absolute Gasteiger partial charge is 0.166 e. The molecule has 1 aromatic rings. The van der Waals surface area contributed by atoms with Crippen LogP contribution in [-0.4, -0.2) is 4.43 Å². The van der Waals surface area contributed by atoms with E-state index >= 15 is 0 Å². The minimum Gasteiger partial charge on any atom is -0.166 e.